The lowest BCUT2D eigenvalue weighted by atomic mass is 10.1. The molecule has 0 aliphatic heterocycles. The number of anilines is 1. The molecule has 1 atom stereocenters. The highest BCUT2D eigenvalue weighted by atomic mass is 19.1. The van der Waals surface area contributed by atoms with Gasteiger partial charge in [-0.25, -0.2) is 4.39 Å². The summed E-state index contributed by atoms with van der Waals surface area (Å²) in [6.07, 6.45) is 0. The molecule has 0 spiro atoms. The van der Waals surface area contributed by atoms with E-state index in [2.05, 4.69) is 5.32 Å². The first-order valence-corrected chi connectivity index (χ1v) is 6.25. The zero-order chi connectivity index (χ0) is 14.7. The van der Waals surface area contributed by atoms with Crippen LogP contribution in [-0.2, 0) is 0 Å². The Hall–Kier alpha value is -2.43. The molecule has 0 saturated carbocycles. The van der Waals surface area contributed by atoms with Crippen LogP contribution in [-0.4, -0.2) is 4.92 Å². The van der Waals surface area contributed by atoms with E-state index in [0.29, 0.717) is 5.69 Å². The van der Waals surface area contributed by atoms with Crippen molar-refractivity contribution in [1.29, 1.82) is 0 Å². The van der Waals surface area contributed by atoms with Crippen LogP contribution in [0, 0.1) is 22.9 Å². The number of hydrogen-bond donors (Lipinski definition) is 1. The maximum atomic E-state index is 13.8. The number of para-hydroxylation sites is 1. The number of nitro groups is 1. The largest absolute Gasteiger partial charge is 0.376 e. The molecule has 2 aromatic rings. The van der Waals surface area contributed by atoms with Crippen molar-refractivity contribution in [2.75, 3.05) is 5.32 Å². The molecule has 1 unspecified atom stereocenters. The fourth-order valence-corrected chi connectivity index (χ4v) is 2.02. The van der Waals surface area contributed by atoms with Crippen LogP contribution in [0.3, 0.4) is 0 Å². The van der Waals surface area contributed by atoms with Crippen LogP contribution in [0.1, 0.15) is 24.1 Å². The van der Waals surface area contributed by atoms with Crippen molar-refractivity contribution < 1.29 is 9.31 Å². The third kappa shape index (κ3) is 2.93. The normalized spacial score (nSPS) is 11.9. The van der Waals surface area contributed by atoms with E-state index < -0.39 is 4.92 Å². The van der Waals surface area contributed by atoms with Crippen molar-refractivity contribution in [1.82, 2.24) is 0 Å². The Labute approximate surface area is 116 Å². The predicted octanol–water partition coefficient (Wildman–Crippen LogP) is 4.22. The van der Waals surface area contributed by atoms with Gasteiger partial charge in [0.05, 0.1) is 10.6 Å². The average Bonchev–Trinajstić information content (AvgIpc) is 2.43. The van der Waals surface area contributed by atoms with Gasteiger partial charge in [0, 0.05) is 18.2 Å². The molecule has 20 heavy (non-hydrogen) atoms. The first-order chi connectivity index (χ1) is 9.49. The summed E-state index contributed by atoms with van der Waals surface area (Å²) in [4.78, 5) is 10.3. The maximum absolute atomic E-state index is 13.8. The van der Waals surface area contributed by atoms with Crippen molar-refractivity contribution in [2.24, 2.45) is 0 Å². The minimum atomic E-state index is -0.440. The van der Waals surface area contributed by atoms with Gasteiger partial charge in [0.15, 0.2) is 0 Å². The number of non-ortho nitro benzene ring substituents is 1. The van der Waals surface area contributed by atoms with E-state index in [0.717, 1.165) is 11.1 Å². The number of nitrogens with zero attached hydrogens (tertiary/aromatic N) is 1. The Morgan fingerprint density at radius 1 is 1.25 bits per heavy atom. The zero-order valence-electron chi connectivity index (χ0n) is 11.3. The first-order valence-electron chi connectivity index (χ1n) is 6.25. The van der Waals surface area contributed by atoms with Crippen molar-refractivity contribution >= 4 is 11.4 Å². The molecule has 1 N–H and O–H groups in total. The molecule has 0 fully saturated rings. The molecule has 2 rings (SSSR count). The Morgan fingerprint density at radius 2 is 1.95 bits per heavy atom. The number of hydrogen-bond acceptors (Lipinski definition) is 3. The Bertz CT molecular complexity index is 623. The molecule has 0 saturated heterocycles. The summed E-state index contributed by atoms with van der Waals surface area (Å²) in [5, 5.41) is 13.8. The highest BCUT2D eigenvalue weighted by molar-refractivity contribution is 5.53. The molecule has 0 aliphatic rings. The number of halogens is 1. The summed E-state index contributed by atoms with van der Waals surface area (Å²) in [5.41, 5.74) is 1.98. The molecular weight excluding hydrogens is 259 g/mol. The van der Waals surface area contributed by atoms with Crippen LogP contribution in [0.25, 0.3) is 0 Å². The second kappa shape index (κ2) is 5.69. The predicted molar refractivity (Wildman–Crippen MR) is 76.3 cm³/mol. The summed E-state index contributed by atoms with van der Waals surface area (Å²) in [5.74, 6) is -0.331. The van der Waals surface area contributed by atoms with E-state index in [1.807, 2.05) is 19.9 Å². The minimum Gasteiger partial charge on any atom is -0.376 e. The van der Waals surface area contributed by atoms with Gasteiger partial charge in [-0.1, -0.05) is 24.3 Å². The smallest absolute Gasteiger partial charge is 0.269 e. The minimum absolute atomic E-state index is 0.0291. The zero-order valence-corrected chi connectivity index (χ0v) is 11.3. The van der Waals surface area contributed by atoms with Crippen LogP contribution in [0.2, 0.25) is 0 Å². The summed E-state index contributed by atoms with van der Waals surface area (Å²) in [6, 6.07) is 10.9. The van der Waals surface area contributed by atoms with Crippen LogP contribution >= 0.6 is 0 Å². The standard InChI is InChI=1S/C15H15FN2O2/c1-10-5-3-8-14(16)15(10)17-11(2)12-6-4-7-13(9-12)18(19)20/h3-9,11,17H,1-2H3. The number of rotatable bonds is 4. The second-order valence-electron chi connectivity index (χ2n) is 4.65. The van der Waals surface area contributed by atoms with Crippen LogP contribution in [0.5, 0.6) is 0 Å². The summed E-state index contributed by atoms with van der Waals surface area (Å²) >= 11 is 0. The molecule has 4 nitrogen and oxygen atoms in total. The molecule has 5 heteroatoms. The molecule has 104 valence electrons. The lowest BCUT2D eigenvalue weighted by molar-refractivity contribution is -0.384. The van der Waals surface area contributed by atoms with Crippen molar-refractivity contribution in [3.8, 4) is 0 Å². The topological polar surface area (TPSA) is 55.2 Å². The van der Waals surface area contributed by atoms with E-state index in [-0.39, 0.29) is 17.5 Å². The number of nitrogens with one attached hydrogen (secondary N) is 1. The van der Waals surface area contributed by atoms with E-state index in [1.165, 1.54) is 18.2 Å². The SMILES string of the molecule is Cc1cccc(F)c1NC(C)c1cccc([N+](=O)[O-])c1. The molecule has 0 amide bonds. The summed E-state index contributed by atoms with van der Waals surface area (Å²) < 4.78 is 13.8. The molecular formula is C15H15FN2O2. The van der Waals surface area contributed by atoms with Gasteiger partial charge in [-0.05, 0) is 31.0 Å². The van der Waals surface area contributed by atoms with Crippen molar-refractivity contribution in [3.63, 3.8) is 0 Å². The van der Waals surface area contributed by atoms with Gasteiger partial charge in [0.1, 0.15) is 5.82 Å². The monoisotopic (exact) mass is 274 g/mol. The molecule has 2 aromatic carbocycles. The second-order valence-corrected chi connectivity index (χ2v) is 4.65. The third-order valence-electron chi connectivity index (χ3n) is 3.16. The summed E-state index contributed by atoms with van der Waals surface area (Å²) in [6.45, 7) is 3.65. The van der Waals surface area contributed by atoms with E-state index in [4.69, 9.17) is 0 Å². The van der Waals surface area contributed by atoms with E-state index >= 15 is 0 Å². The lowest BCUT2D eigenvalue weighted by Crippen LogP contribution is -2.09. The third-order valence-corrected chi connectivity index (χ3v) is 3.16. The summed E-state index contributed by atoms with van der Waals surface area (Å²) in [7, 11) is 0. The first kappa shape index (κ1) is 14.0. The lowest BCUT2D eigenvalue weighted by Gasteiger charge is -2.17. The highest BCUT2D eigenvalue weighted by Crippen LogP contribution is 2.26. The van der Waals surface area contributed by atoms with Crippen molar-refractivity contribution in [3.05, 3.63) is 69.5 Å². The van der Waals surface area contributed by atoms with Gasteiger partial charge in [-0.3, -0.25) is 10.1 Å². The van der Waals surface area contributed by atoms with Gasteiger partial charge in [0.25, 0.3) is 5.69 Å². The Balaban J connectivity index is 2.26. The maximum Gasteiger partial charge on any atom is 0.269 e. The highest BCUT2D eigenvalue weighted by Gasteiger charge is 2.13. The van der Waals surface area contributed by atoms with Crippen LogP contribution in [0.4, 0.5) is 15.8 Å². The van der Waals surface area contributed by atoms with Gasteiger partial charge in [0.2, 0.25) is 0 Å². The van der Waals surface area contributed by atoms with Gasteiger partial charge in [-0.15, -0.1) is 0 Å². The van der Waals surface area contributed by atoms with E-state index in [1.54, 1.807) is 18.2 Å². The fraction of sp³-hybridized carbons (Fsp3) is 0.200. The number of nitro benzene ring substituents is 1. The van der Waals surface area contributed by atoms with Crippen LogP contribution in [0.15, 0.2) is 42.5 Å². The quantitative estimate of drug-likeness (QED) is 0.671. The van der Waals surface area contributed by atoms with Gasteiger partial charge < -0.3 is 5.32 Å². The Morgan fingerprint density at radius 3 is 2.60 bits per heavy atom. The molecule has 0 radical (unpaired) electrons. The van der Waals surface area contributed by atoms with Gasteiger partial charge in [-0.2, -0.15) is 0 Å². The average molecular weight is 274 g/mol. The molecule has 0 heterocycles. The molecule has 0 aromatic heterocycles. The van der Waals surface area contributed by atoms with Gasteiger partial charge >= 0.3 is 0 Å². The van der Waals surface area contributed by atoms with Crippen molar-refractivity contribution in [2.45, 2.75) is 19.9 Å². The molecule has 0 bridgehead atoms. The van der Waals surface area contributed by atoms with Crippen LogP contribution < -0.4 is 5.32 Å². The number of benzene rings is 2. The Kier molecular flexibility index (Phi) is 3.98. The van der Waals surface area contributed by atoms with E-state index in [9.17, 15) is 14.5 Å². The number of aryl methyl sites for hydroxylation is 1. The molecule has 0 aliphatic carbocycles. The fourth-order valence-electron chi connectivity index (χ4n) is 2.02.